The maximum atomic E-state index is 12.6. The number of carbonyl (C=O) groups excluding carboxylic acids is 1. The second kappa shape index (κ2) is 7.79. The van der Waals surface area contributed by atoms with Crippen LogP contribution >= 0.6 is 11.3 Å². The molecule has 0 bridgehead atoms. The Labute approximate surface area is 165 Å². The first kappa shape index (κ1) is 19.3. The van der Waals surface area contributed by atoms with Crippen molar-refractivity contribution in [2.75, 3.05) is 25.0 Å². The molecular weight excluding hydrogens is 389 g/mol. The normalized spacial score (nSPS) is 19.0. The molecule has 0 spiro atoms. The first-order valence-electron chi connectivity index (χ1n) is 9.41. The highest BCUT2D eigenvalue weighted by Gasteiger charge is 2.31. The van der Waals surface area contributed by atoms with Gasteiger partial charge in [0.05, 0.1) is 12.1 Å². The number of aromatic nitrogens is 2. The molecule has 2 fully saturated rings. The summed E-state index contributed by atoms with van der Waals surface area (Å²) in [6.45, 7) is 1.82. The van der Waals surface area contributed by atoms with Crippen molar-refractivity contribution < 1.29 is 18.0 Å². The molecule has 2 aromatic rings. The zero-order chi connectivity index (χ0) is 19.7. The first-order valence-corrected chi connectivity index (χ1v) is 10.2. The zero-order valence-electron chi connectivity index (χ0n) is 15.2. The van der Waals surface area contributed by atoms with Gasteiger partial charge in [0.15, 0.2) is 0 Å². The predicted molar refractivity (Wildman–Crippen MR) is 100 cm³/mol. The lowest BCUT2D eigenvalue weighted by molar-refractivity contribution is -0.137. The van der Waals surface area contributed by atoms with E-state index < -0.39 is 11.7 Å². The molecule has 1 aromatic heterocycles. The molecule has 0 unspecified atom stereocenters. The van der Waals surface area contributed by atoms with Crippen LogP contribution in [0.3, 0.4) is 0 Å². The maximum absolute atomic E-state index is 12.6. The standard InChI is InChI=1S/C19H21F3N4OS/c20-19(21,22)14-3-5-15(6-4-14)23-16(27)11-26-9-7-13(8-10-26)18-25-24-17(28-18)12-1-2-12/h3-6,12-13H,1-2,7-11H2,(H,23,27). The lowest BCUT2D eigenvalue weighted by Crippen LogP contribution is -2.38. The van der Waals surface area contributed by atoms with Gasteiger partial charge in [-0.1, -0.05) is 0 Å². The highest BCUT2D eigenvalue weighted by molar-refractivity contribution is 7.11. The molecule has 1 aliphatic heterocycles. The number of halogens is 3. The van der Waals surface area contributed by atoms with Gasteiger partial charge in [0.1, 0.15) is 10.0 Å². The number of likely N-dealkylation sites (tertiary alicyclic amines) is 1. The van der Waals surface area contributed by atoms with Gasteiger partial charge in [0.25, 0.3) is 0 Å². The van der Waals surface area contributed by atoms with Crippen LogP contribution in [0.4, 0.5) is 18.9 Å². The van der Waals surface area contributed by atoms with E-state index in [1.807, 2.05) is 0 Å². The number of hydrogen-bond acceptors (Lipinski definition) is 5. The molecule has 1 N–H and O–H groups in total. The van der Waals surface area contributed by atoms with Gasteiger partial charge in [-0.25, -0.2) is 0 Å². The van der Waals surface area contributed by atoms with Gasteiger partial charge in [-0.15, -0.1) is 21.5 Å². The maximum Gasteiger partial charge on any atom is 0.416 e. The van der Waals surface area contributed by atoms with Crippen LogP contribution in [0, 0.1) is 0 Å². The van der Waals surface area contributed by atoms with E-state index in [2.05, 4.69) is 20.4 Å². The number of carbonyl (C=O) groups is 1. The van der Waals surface area contributed by atoms with E-state index in [4.69, 9.17) is 0 Å². The minimum Gasteiger partial charge on any atom is -0.325 e. The minimum atomic E-state index is -4.38. The summed E-state index contributed by atoms with van der Waals surface area (Å²) in [4.78, 5) is 14.3. The van der Waals surface area contributed by atoms with Crippen molar-refractivity contribution in [1.82, 2.24) is 15.1 Å². The van der Waals surface area contributed by atoms with Gasteiger partial charge in [0, 0.05) is 17.5 Å². The Bertz CT molecular complexity index is 824. The summed E-state index contributed by atoms with van der Waals surface area (Å²) in [6, 6.07) is 4.50. The van der Waals surface area contributed by atoms with Crippen LogP contribution in [0.15, 0.2) is 24.3 Å². The fourth-order valence-corrected chi connectivity index (χ4v) is 4.57. The molecular formula is C19H21F3N4OS. The Morgan fingerprint density at radius 2 is 1.61 bits per heavy atom. The Morgan fingerprint density at radius 1 is 1.04 bits per heavy atom. The Hall–Kier alpha value is -2.00. The fourth-order valence-electron chi connectivity index (χ4n) is 3.39. The number of alkyl halides is 3. The molecule has 0 radical (unpaired) electrons. The molecule has 2 heterocycles. The summed E-state index contributed by atoms with van der Waals surface area (Å²) in [6.07, 6.45) is -0.0544. The van der Waals surface area contributed by atoms with E-state index in [0.717, 1.165) is 48.1 Å². The number of hydrogen-bond donors (Lipinski definition) is 1. The number of rotatable bonds is 5. The van der Waals surface area contributed by atoms with Crippen molar-refractivity contribution in [3.8, 4) is 0 Å². The second-order valence-electron chi connectivity index (χ2n) is 7.43. The topological polar surface area (TPSA) is 58.1 Å². The Balaban J connectivity index is 1.24. The van der Waals surface area contributed by atoms with Gasteiger partial charge >= 0.3 is 6.18 Å². The van der Waals surface area contributed by atoms with Crippen LogP contribution in [0.2, 0.25) is 0 Å². The molecule has 1 saturated heterocycles. The average Bonchev–Trinajstić information content (AvgIpc) is 3.39. The van der Waals surface area contributed by atoms with E-state index in [1.165, 1.54) is 25.0 Å². The van der Waals surface area contributed by atoms with Gasteiger partial charge in [-0.2, -0.15) is 13.2 Å². The molecule has 0 atom stereocenters. The summed E-state index contributed by atoms with van der Waals surface area (Å²) in [5.41, 5.74) is -0.358. The zero-order valence-corrected chi connectivity index (χ0v) is 16.0. The van der Waals surface area contributed by atoms with E-state index in [1.54, 1.807) is 11.3 Å². The quantitative estimate of drug-likeness (QED) is 0.801. The summed E-state index contributed by atoms with van der Waals surface area (Å²) >= 11 is 1.73. The van der Waals surface area contributed by atoms with E-state index in [-0.39, 0.29) is 12.5 Å². The SMILES string of the molecule is O=C(CN1CCC(c2nnc(C3CC3)s2)CC1)Nc1ccc(C(F)(F)F)cc1. The third-order valence-corrected chi connectivity index (χ3v) is 6.43. The van der Waals surface area contributed by atoms with Crippen molar-refractivity contribution >= 4 is 22.9 Å². The fraction of sp³-hybridized carbons (Fsp3) is 0.526. The summed E-state index contributed by atoms with van der Waals surface area (Å²) in [5, 5.41) is 13.6. The molecule has 4 rings (SSSR count). The number of nitrogens with zero attached hydrogens (tertiary/aromatic N) is 3. The monoisotopic (exact) mass is 410 g/mol. The first-order chi connectivity index (χ1) is 13.4. The van der Waals surface area contributed by atoms with Crippen molar-refractivity contribution in [1.29, 1.82) is 0 Å². The van der Waals surface area contributed by atoms with Crippen LogP contribution in [-0.2, 0) is 11.0 Å². The molecule has 5 nitrogen and oxygen atoms in total. The lowest BCUT2D eigenvalue weighted by atomic mass is 9.98. The Morgan fingerprint density at radius 3 is 2.14 bits per heavy atom. The van der Waals surface area contributed by atoms with Crippen molar-refractivity contribution in [3.05, 3.63) is 39.8 Å². The van der Waals surface area contributed by atoms with E-state index in [9.17, 15) is 18.0 Å². The summed E-state index contributed by atoms with van der Waals surface area (Å²) in [5.74, 6) is 0.810. The molecule has 1 amide bonds. The number of amides is 1. The largest absolute Gasteiger partial charge is 0.416 e. The molecule has 150 valence electrons. The Kier molecular flexibility index (Phi) is 5.37. The highest BCUT2D eigenvalue weighted by atomic mass is 32.1. The average molecular weight is 410 g/mol. The summed E-state index contributed by atoms with van der Waals surface area (Å²) in [7, 11) is 0. The number of anilines is 1. The minimum absolute atomic E-state index is 0.217. The molecule has 9 heteroatoms. The molecule has 28 heavy (non-hydrogen) atoms. The highest BCUT2D eigenvalue weighted by Crippen LogP contribution is 2.43. The van der Waals surface area contributed by atoms with Crippen LogP contribution in [-0.4, -0.2) is 40.6 Å². The van der Waals surface area contributed by atoms with Crippen LogP contribution in [0.5, 0.6) is 0 Å². The second-order valence-corrected chi connectivity index (χ2v) is 8.47. The number of piperidine rings is 1. The van der Waals surface area contributed by atoms with Crippen molar-refractivity contribution in [3.63, 3.8) is 0 Å². The number of benzene rings is 1. The van der Waals surface area contributed by atoms with Gasteiger partial charge < -0.3 is 5.32 Å². The van der Waals surface area contributed by atoms with Crippen LogP contribution in [0.1, 0.15) is 53.1 Å². The van der Waals surface area contributed by atoms with E-state index >= 15 is 0 Å². The molecule has 1 aromatic carbocycles. The molecule has 1 saturated carbocycles. The third-order valence-electron chi connectivity index (χ3n) is 5.18. The van der Waals surface area contributed by atoms with Gasteiger partial charge in [-0.3, -0.25) is 9.69 Å². The molecule has 2 aliphatic rings. The summed E-state index contributed by atoms with van der Waals surface area (Å²) < 4.78 is 37.8. The van der Waals surface area contributed by atoms with E-state index in [0.29, 0.717) is 17.5 Å². The van der Waals surface area contributed by atoms with Gasteiger partial charge in [-0.05, 0) is 63.0 Å². The molecule has 1 aliphatic carbocycles. The smallest absolute Gasteiger partial charge is 0.325 e. The third kappa shape index (κ3) is 4.70. The predicted octanol–water partition coefficient (Wildman–Crippen LogP) is 4.25. The van der Waals surface area contributed by atoms with Crippen molar-refractivity contribution in [2.24, 2.45) is 0 Å². The van der Waals surface area contributed by atoms with Gasteiger partial charge in [0.2, 0.25) is 5.91 Å². The van der Waals surface area contributed by atoms with Crippen LogP contribution < -0.4 is 5.32 Å². The van der Waals surface area contributed by atoms with Crippen molar-refractivity contribution in [2.45, 2.75) is 43.7 Å². The van der Waals surface area contributed by atoms with Crippen LogP contribution in [0.25, 0.3) is 0 Å². The lowest BCUT2D eigenvalue weighted by Gasteiger charge is -2.30. The number of nitrogens with one attached hydrogen (secondary N) is 1.